The van der Waals surface area contributed by atoms with E-state index in [1.54, 1.807) is 11.3 Å². The van der Waals surface area contributed by atoms with Crippen LogP contribution in [0.15, 0.2) is 170 Å². The lowest BCUT2D eigenvalue weighted by molar-refractivity contribution is 0.156. The molecule has 2 unspecified atom stereocenters. The van der Waals surface area contributed by atoms with E-state index in [4.69, 9.17) is 19.7 Å². The normalized spacial score (nSPS) is 17.6. The van der Waals surface area contributed by atoms with E-state index in [-0.39, 0.29) is 5.92 Å². The van der Waals surface area contributed by atoms with Crippen LogP contribution in [-0.4, -0.2) is 25.1 Å². The van der Waals surface area contributed by atoms with Gasteiger partial charge in [0.25, 0.3) is 0 Å². The van der Waals surface area contributed by atoms with Crippen molar-refractivity contribution in [3.63, 3.8) is 0 Å². The van der Waals surface area contributed by atoms with Gasteiger partial charge in [0.2, 0.25) is 0 Å². The molecule has 0 bridgehead atoms. The molecule has 0 amide bonds. The topological polar surface area (TPSA) is 52.8 Å². The molecule has 2 aliphatic rings. The quantitative estimate of drug-likeness (QED) is 0.181. The van der Waals surface area contributed by atoms with Crippen LogP contribution in [0.3, 0.4) is 0 Å². The molecule has 1 aliphatic heterocycles. The first-order valence-electron chi connectivity index (χ1n) is 19.0. The molecular formula is C50H32N4OS. The fourth-order valence-electron chi connectivity index (χ4n) is 8.97. The van der Waals surface area contributed by atoms with E-state index in [0.29, 0.717) is 17.5 Å². The van der Waals surface area contributed by atoms with Crippen LogP contribution in [0.2, 0.25) is 0 Å². The average molecular weight is 737 g/mol. The van der Waals surface area contributed by atoms with E-state index in [1.165, 1.54) is 42.6 Å². The van der Waals surface area contributed by atoms with Crippen molar-refractivity contribution >= 4 is 75.4 Å². The van der Waals surface area contributed by atoms with Gasteiger partial charge in [0, 0.05) is 53.2 Å². The van der Waals surface area contributed by atoms with Crippen LogP contribution < -0.4 is 4.74 Å². The predicted molar refractivity (Wildman–Crippen MR) is 231 cm³/mol. The predicted octanol–water partition coefficient (Wildman–Crippen LogP) is 12.7. The largest absolute Gasteiger partial charge is 0.482 e. The Morgan fingerprint density at radius 2 is 1.29 bits per heavy atom. The number of hydrogen-bond acceptors (Lipinski definition) is 5. The Bertz CT molecular complexity index is 3320. The van der Waals surface area contributed by atoms with Gasteiger partial charge in [0.1, 0.15) is 11.4 Å². The van der Waals surface area contributed by atoms with Crippen molar-refractivity contribution in [2.75, 3.05) is 0 Å². The summed E-state index contributed by atoms with van der Waals surface area (Å²) in [7, 11) is 0. The highest BCUT2D eigenvalue weighted by Crippen LogP contribution is 2.53. The average Bonchev–Trinajstić information content (AvgIpc) is 3.89. The van der Waals surface area contributed by atoms with Gasteiger partial charge in [-0.3, -0.25) is 0 Å². The molecule has 12 rings (SSSR count). The van der Waals surface area contributed by atoms with Crippen LogP contribution in [-0.2, 0) is 0 Å². The van der Waals surface area contributed by atoms with Gasteiger partial charge in [-0.15, -0.1) is 11.3 Å². The minimum Gasteiger partial charge on any atom is -0.482 e. The second-order valence-electron chi connectivity index (χ2n) is 14.9. The number of nitrogens with zero attached hydrogens (tertiary/aromatic N) is 4. The summed E-state index contributed by atoms with van der Waals surface area (Å²) in [6.07, 6.45) is 4.66. The van der Waals surface area contributed by atoms with E-state index in [1.807, 2.05) is 24.3 Å². The van der Waals surface area contributed by atoms with Gasteiger partial charge in [0.15, 0.2) is 17.5 Å². The Kier molecular flexibility index (Phi) is 6.63. The first-order valence-corrected chi connectivity index (χ1v) is 19.8. The number of aromatic nitrogens is 4. The molecule has 0 fully saturated rings. The number of thiophene rings is 1. The third kappa shape index (κ3) is 4.63. The molecular weight excluding hydrogens is 705 g/mol. The molecule has 1 aliphatic carbocycles. The van der Waals surface area contributed by atoms with Crippen LogP contribution in [0.1, 0.15) is 24.2 Å². The van der Waals surface area contributed by atoms with Crippen LogP contribution in [0.25, 0.3) is 86.8 Å². The summed E-state index contributed by atoms with van der Waals surface area (Å²) in [5.74, 6) is 2.74. The van der Waals surface area contributed by atoms with Gasteiger partial charge >= 0.3 is 0 Å². The van der Waals surface area contributed by atoms with Gasteiger partial charge in [0.05, 0.1) is 22.6 Å². The first kappa shape index (κ1) is 31.5. The standard InChI is InChI=1S/C50H32N4OS/c1-50-29-39(49-52-47(30-14-3-2-4-15-30)51-48(53-49)37-22-13-21-35-34-19-9-12-25-45(34)56-46(35)37)43(28-40(50)36-20-8-11-24-44(36)55-50)54-41-23-10-7-18-33(41)38-26-31-16-5-6-17-32(31)27-42(38)54/h2-29,40H,1H3. The Morgan fingerprint density at radius 3 is 2.18 bits per heavy atom. The SMILES string of the molecule is CC12C=C(c3nc(-c4ccccc4)nc(-c4cccc5c4sc4ccccc45)n3)C(n3c4ccccc4c4cc5ccccc5cc43)=CC1c1ccccc1O2. The number of hydrogen-bond donors (Lipinski definition) is 0. The molecule has 5 nitrogen and oxygen atoms in total. The zero-order valence-electron chi connectivity index (χ0n) is 30.3. The van der Waals surface area contributed by atoms with Gasteiger partial charge < -0.3 is 9.30 Å². The molecule has 0 saturated carbocycles. The summed E-state index contributed by atoms with van der Waals surface area (Å²) in [6, 6.07) is 55.7. The maximum absolute atomic E-state index is 6.87. The van der Waals surface area contributed by atoms with E-state index in [2.05, 4.69) is 157 Å². The number of benzene rings is 7. The van der Waals surface area contributed by atoms with E-state index in [9.17, 15) is 0 Å². The van der Waals surface area contributed by atoms with Crippen molar-refractivity contribution in [2.45, 2.75) is 18.4 Å². The molecule has 2 atom stereocenters. The van der Waals surface area contributed by atoms with E-state index < -0.39 is 5.60 Å². The lowest BCUT2D eigenvalue weighted by atomic mass is 9.79. The lowest BCUT2D eigenvalue weighted by Gasteiger charge is -2.33. The maximum atomic E-state index is 6.87. The highest BCUT2D eigenvalue weighted by molar-refractivity contribution is 7.26. The number of fused-ring (bicyclic) bond motifs is 10. The van der Waals surface area contributed by atoms with Crippen LogP contribution in [0.4, 0.5) is 0 Å². The fraction of sp³-hybridized carbons (Fsp3) is 0.0600. The lowest BCUT2D eigenvalue weighted by Crippen LogP contribution is -2.34. The molecule has 7 aromatic carbocycles. The number of ether oxygens (including phenoxy) is 1. The van der Waals surface area contributed by atoms with Gasteiger partial charge in [-0.1, -0.05) is 121 Å². The smallest absolute Gasteiger partial charge is 0.166 e. The number of allylic oxidation sites excluding steroid dienone is 2. The second-order valence-corrected chi connectivity index (χ2v) is 16.0. The molecule has 6 heteroatoms. The number of rotatable bonds is 4. The second kappa shape index (κ2) is 11.8. The summed E-state index contributed by atoms with van der Waals surface area (Å²) in [5, 5.41) is 7.25. The fourth-order valence-corrected chi connectivity index (χ4v) is 10.2. The Labute approximate surface area is 326 Å². The zero-order valence-corrected chi connectivity index (χ0v) is 31.2. The van der Waals surface area contributed by atoms with E-state index in [0.717, 1.165) is 43.9 Å². The summed E-state index contributed by atoms with van der Waals surface area (Å²) >= 11 is 1.78. The van der Waals surface area contributed by atoms with Crippen LogP contribution >= 0.6 is 11.3 Å². The Hall–Kier alpha value is -6.89. The van der Waals surface area contributed by atoms with Crippen LogP contribution in [0, 0.1) is 0 Å². The highest BCUT2D eigenvalue weighted by atomic mass is 32.1. The maximum Gasteiger partial charge on any atom is 0.166 e. The monoisotopic (exact) mass is 736 g/mol. The minimum absolute atomic E-state index is 0.0312. The third-order valence-corrected chi connectivity index (χ3v) is 12.8. The van der Waals surface area contributed by atoms with Gasteiger partial charge in [-0.2, -0.15) is 0 Å². The summed E-state index contributed by atoms with van der Waals surface area (Å²) in [6.45, 7) is 2.18. The first-order chi connectivity index (χ1) is 27.6. The van der Waals surface area contributed by atoms with Gasteiger partial charge in [-0.25, -0.2) is 15.0 Å². The van der Waals surface area contributed by atoms with Crippen molar-refractivity contribution < 1.29 is 4.74 Å². The molecule has 4 heterocycles. The Balaban J connectivity index is 1.16. The molecule has 0 spiro atoms. The highest BCUT2D eigenvalue weighted by Gasteiger charge is 2.46. The van der Waals surface area contributed by atoms with E-state index >= 15 is 0 Å². The molecule has 264 valence electrons. The van der Waals surface area contributed by atoms with Crippen molar-refractivity contribution in [3.05, 3.63) is 181 Å². The summed E-state index contributed by atoms with van der Waals surface area (Å²) in [5.41, 5.74) is 6.60. The molecule has 56 heavy (non-hydrogen) atoms. The zero-order chi connectivity index (χ0) is 37.0. The molecule has 0 N–H and O–H groups in total. The molecule has 0 radical (unpaired) electrons. The Morgan fingerprint density at radius 1 is 0.589 bits per heavy atom. The molecule has 0 saturated heterocycles. The van der Waals surface area contributed by atoms with Crippen LogP contribution in [0.5, 0.6) is 5.75 Å². The minimum atomic E-state index is -0.667. The number of para-hydroxylation sites is 2. The van der Waals surface area contributed by atoms with Gasteiger partial charge in [-0.05, 0) is 66.2 Å². The van der Waals surface area contributed by atoms with Crippen molar-refractivity contribution in [2.24, 2.45) is 0 Å². The van der Waals surface area contributed by atoms with Crippen molar-refractivity contribution in [3.8, 4) is 28.5 Å². The molecule has 10 aromatic rings. The summed E-state index contributed by atoms with van der Waals surface area (Å²) < 4.78 is 11.7. The van der Waals surface area contributed by atoms with Crippen molar-refractivity contribution in [1.29, 1.82) is 0 Å². The summed E-state index contributed by atoms with van der Waals surface area (Å²) in [4.78, 5) is 16.0. The molecule has 3 aromatic heterocycles. The van der Waals surface area contributed by atoms with Crippen molar-refractivity contribution in [1.82, 2.24) is 19.5 Å². The third-order valence-electron chi connectivity index (χ3n) is 11.6.